The molecule has 1 aliphatic rings. The topological polar surface area (TPSA) is 77.8 Å². The van der Waals surface area contributed by atoms with Gasteiger partial charge in [0.1, 0.15) is 17.5 Å². The number of aromatic nitrogens is 1. The van der Waals surface area contributed by atoms with Crippen molar-refractivity contribution in [3.05, 3.63) is 35.1 Å². The van der Waals surface area contributed by atoms with Gasteiger partial charge in [0, 0.05) is 18.4 Å². The van der Waals surface area contributed by atoms with E-state index in [1.807, 2.05) is 6.07 Å². The summed E-state index contributed by atoms with van der Waals surface area (Å²) < 4.78 is 0. The Bertz CT molecular complexity index is 556. The minimum Gasteiger partial charge on any atom is -0.349 e. The van der Waals surface area contributed by atoms with Crippen LogP contribution < -0.4 is 10.6 Å². The van der Waals surface area contributed by atoms with E-state index < -0.39 is 0 Å². The largest absolute Gasteiger partial charge is 0.349 e. The quantitative estimate of drug-likeness (QED) is 0.662. The van der Waals surface area contributed by atoms with Gasteiger partial charge in [-0.25, -0.2) is 4.98 Å². The standard InChI is InChI=1S/C15H17ClN4O/c16-12-6-7-14(19-10-12)18-9-11(8-17)15(21)20-13-4-2-1-3-5-13/h6-7,9-10,13H,1-5H2,(H,18,19)(H,20,21)/b11-9-. The number of amides is 1. The number of nitrogens with one attached hydrogen (secondary N) is 2. The van der Waals surface area contributed by atoms with E-state index >= 15 is 0 Å². The van der Waals surface area contributed by atoms with Gasteiger partial charge in [-0.05, 0) is 25.0 Å². The Kier molecular flexibility index (Phi) is 5.59. The molecular formula is C15H17ClN4O. The second-order valence-electron chi connectivity index (χ2n) is 4.98. The van der Waals surface area contributed by atoms with Crippen LogP contribution in [0.1, 0.15) is 32.1 Å². The van der Waals surface area contributed by atoms with Gasteiger partial charge < -0.3 is 10.6 Å². The third-order valence-electron chi connectivity index (χ3n) is 3.40. The summed E-state index contributed by atoms with van der Waals surface area (Å²) in [4.78, 5) is 16.1. The Morgan fingerprint density at radius 2 is 2.14 bits per heavy atom. The molecule has 110 valence electrons. The van der Waals surface area contributed by atoms with Crippen LogP contribution in [0.2, 0.25) is 5.02 Å². The van der Waals surface area contributed by atoms with Crippen molar-refractivity contribution in [2.24, 2.45) is 0 Å². The summed E-state index contributed by atoms with van der Waals surface area (Å²) in [7, 11) is 0. The lowest BCUT2D eigenvalue weighted by atomic mass is 9.95. The summed E-state index contributed by atoms with van der Waals surface area (Å²) in [6, 6.07) is 5.44. The molecule has 0 spiro atoms. The maximum Gasteiger partial charge on any atom is 0.263 e. The highest BCUT2D eigenvalue weighted by Gasteiger charge is 2.17. The van der Waals surface area contributed by atoms with Crippen molar-refractivity contribution in [2.45, 2.75) is 38.1 Å². The molecule has 1 aromatic rings. The number of rotatable bonds is 4. The molecule has 0 bridgehead atoms. The first-order valence-corrected chi connectivity index (χ1v) is 7.36. The van der Waals surface area contributed by atoms with Gasteiger partial charge in [-0.1, -0.05) is 30.9 Å². The SMILES string of the molecule is N#C/C(=C/Nc1ccc(Cl)cn1)C(=O)NC1CCCCC1. The Labute approximate surface area is 129 Å². The maximum atomic E-state index is 12.0. The fraction of sp³-hybridized carbons (Fsp3) is 0.400. The Hall–Kier alpha value is -2.06. The molecule has 1 heterocycles. The lowest BCUT2D eigenvalue weighted by molar-refractivity contribution is -0.118. The highest BCUT2D eigenvalue weighted by Crippen LogP contribution is 2.17. The molecule has 0 radical (unpaired) electrons. The summed E-state index contributed by atoms with van der Waals surface area (Å²) >= 11 is 5.74. The first-order valence-electron chi connectivity index (χ1n) is 6.98. The van der Waals surface area contributed by atoms with E-state index in [0.717, 1.165) is 25.7 Å². The molecule has 1 aliphatic carbocycles. The molecular weight excluding hydrogens is 288 g/mol. The molecule has 0 aliphatic heterocycles. The molecule has 1 aromatic heterocycles. The highest BCUT2D eigenvalue weighted by atomic mass is 35.5. The lowest BCUT2D eigenvalue weighted by Crippen LogP contribution is -2.37. The summed E-state index contributed by atoms with van der Waals surface area (Å²) in [6.07, 6.45) is 8.30. The second kappa shape index (κ2) is 7.65. The zero-order valence-corrected chi connectivity index (χ0v) is 12.4. The monoisotopic (exact) mass is 304 g/mol. The number of hydrogen-bond acceptors (Lipinski definition) is 4. The van der Waals surface area contributed by atoms with Gasteiger partial charge in [-0.2, -0.15) is 5.26 Å². The van der Waals surface area contributed by atoms with Crippen LogP contribution in [0.5, 0.6) is 0 Å². The minimum absolute atomic E-state index is 0.0392. The van der Waals surface area contributed by atoms with E-state index in [-0.39, 0.29) is 17.5 Å². The zero-order valence-electron chi connectivity index (χ0n) is 11.6. The van der Waals surface area contributed by atoms with Crippen LogP contribution in [-0.2, 0) is 4.79 Å². The third kappa shape index (κ3) is 4.76. The van der Waals surface area contributed by atoms with Crippen molar-refractivity contribution in [1.82, 2.24) is 10.3 Å². The van der Waals surface area contributed by atoms with Crippen LogP contribution in [0.4, 0.5) is 5.82 Å². The van der Waals surface area contributed by atoms with Crippen molar-refractivity contribution in [1.29, 1.82) is 5.26 Å². The normalized spacial score (nSPS) is 16.1. The molecule has 6 heteroatoms. The lowest BCUT2D eigenvalue weighted by Gasteiger charge is -2.22. The van der Waals surface area contributed by atoms with Crippen LogP contribution in [0.25, 0.3) is 0 Å². The van der Waals surface area contributed by atoms with Crippen LogP contribution in [0, 0.1) is 11.3 Å². The van der Waals surface area contributed by atoms with Crippen LogP contribution >= 0.6 is 11.6 Å². The Balaban J connectivity index is 1.94. The third-order valence-corrected chi connectivity index (χ3v) is 3.62. The van der Waals surface area contributed by atoms with Crippen molar-refractivity contribution < 1.29 is 4.79 Å². The predicted molar refractivity (Wildman–Crippen MR) is 81.6 cm³/mol. The van der Waals surface area contributed by atoms with Crippen LogP contribution in [0.3, 0.4) is 0 Å². The summed E-state index contributed by atoms with van der Waals surface area (Å²) in [5.41, 5.74) is 0.0392. The molecule has 1 amide bonds. The number of nitriles is 1. The molecule has 2 rings (SSSR count). The van der Waals surface area contributed by atoms with Gasteiger partial charge in [0.15, 0.2) is 0 Å². The molecule has 0 aromatic carbocycles. The summed E-state index contributed by atoms with van der Waals surface area (Å²) in [5.74, 6) is 0.184. The number of carbonyl (C=O) groups is 1. The summed E-state index contributed by atoms with van der Waals surface area (Å²) in [5, 5.41) is 15.3. The predicted octanol–water partition coefficient (Wildman–Crippen LogP) is 3.00. The van der Waals surface area contributed by atoms with Gasteiger partial charge >= 0.3 is 0 Å². The van der Waals surface area contributed by atoms with Crippen molar-refractivity contribution in [3.63, 3.8) is 0 Å². The average molecular weight is 305 g/mol. The van der Waals surface area contributed by atoms with Gasteiger partial charge in [-0.3, -0.25) is 4.79 Å². The van der Waals surface area contributed by atoms with Crippen molar-refractivity contribution >= 4 is 23.3 Å². The molecule has 2 N–H and O–H groups in total. The van der Waals surface area contributed by atoms with E-state index in [2.05, 4.69) is 15.6 Å². The summed E-state index contributed by atoms with van der Waals surface area (Å²) in [6.45, 7) is 0. The number of carbonyl (C=O) groups excluding carboxylic acids is 1. The van der Waals surface area contributed by atoms with Gasteiger partial charge in [0.25, 0.3) is 5.91 Å². The molecule has 0 atom stereocenters. The first-order chi connectivity index (χ1) is 10.2. The molecule has 5 nitrogen and oxygen atoms in total. The number of anilines is 1. The van der Waals surface area contributed by atoms with E-state index in [4.69, 9.17) is 16.9 Å². The van der Waals surface area contributed by atoms with E-state index in [1.165, 1.54) is 18.8 Å². The second-order valence-corrected chi connectivity index (χ2v) is 5.42. The van der Waals surface area contributed by atoms with Crippen LogP contribution in [-0.4, -0.2) is 16.9 Å². The number of pyridine rings is 1. The highest BCUT2D eigenvalue weighted by molar-refractivity contribution is 6.30. The van der Waals surface area contributed by atoms with Gasteiger partial charge in [-0.15, -0.1) is 0 Å². The average Bonchev–Trinajstić information content (AvgIpc) is 2.51. The first kappa shape index (κ1) is 15.3. The van der Waals surface area contributed by atoms with Crippen molar-refractivity contribution in [2.75, 3.05) is 5.32 Å². The van der Waals surface area contributed by atoms with Gasteiger partial charge in [0.05, 0.1) is 5.02 Å². The number of nitrogens with zero attached hydrogens (tertiary/aromatic N) is 2. The maximum absolute atomic E-state index is 12.0. The molecule has 1 saturated carbocycles. The smallest absolute Gasteiger partial charge is 0.263 e. The fourth-order valence-corrected chi connectivity index (χ4v) is 2.38. The van der Waals surface area contributed by atoms with E-state index in [1.54, 1.807) is 12.1 Å². The minimum atomic E-state index is -0.342. The van der Waals surface area contributed by atoms with Crippen molar-refractivity contribution in [3.8, 4) is 6.07 Å². The molecule has 21 heavy (non-hydrogen) atoms. The zero-order chi connectivity index (χ0) is 15.1. The fourth-order valence-electron chi connectivity index (χ4n) is 2.27. The molecule has 1 fully saturated rings. The van der Waals surface area contributed by atoms with Gasteiger partial charge in [0.2, 0.25) is 0 Å². The molecule has 0 saturated heterocycles. The molecule has 0 unspecified atom stereocenters. The van der Waals surface area contributed by atoms with E-state index in [9.17, 15) is 4.79 Å². The Morgan fingerprint density at radius 3 is 2.76 bits per heavy atom. The Morgan fingerprint density at radius 1 is 1.38 bits per heavy atom. The number of halogens is 1. The number of hydrogen-bond donors (Lipinski definition) is 2. The van der Waals surface area contributed by atoms with Crippen LogP contribution in [0.15, 0.2) is 30.1 Å². The van der Waals surface area contributed by atoms with E-state index in [0.29, 0.717) is 10.8 Å².